The number of halogens is 1. The molecule has 3 N–H and O–H groups in total. The SMILES string of the molecule is CC1OCCC1(C)NC(=O)Nc1ccc(C(=O)O)c(Cl)c1. The number of aromatic carboxylic acids is 1. The van der Waals surface area contributed by atoms with Crippen molar-refractivity contribution in [2.75, 3.05) is 11.9 Å². The van der Waals surface area contributed by atoms with Gasteiger partial charge in [0.1, 0.15) is 0 Å². The summed E-state index contributed by atoms with van der Waals surface area (Å²) in [6.07, 6.45) is 0.668. The van der Waals surface area contributed by atoms with Gasteiger partial charge in [-0.3, -0.25) is 0 Å². The molecule has 2 rings (SSSR count). The number of anilines is 1. The van der Waals surface area contributed by atoms with Crippen LogP contribution in [0.2, 0.25) is 5.02 Å². The van der Waals surface area contributed by atoms with Crippen molar-refractivity contribution in [3.05, 3.63) is 28.8 Å². The summed E-state index contributed by atoms with van der Waals surface area (Å²) in [6.45, 7) is 4.44. The minimum absolute atomic E-state index is 0.00704. The van der Waals surface area contributed by atoms with Gasteiger partial charge in [-0.2, -0.15) is 0 Å². The molecule has 7 heteroatoms. The Morgan fingerprint density at radius 3 is 2.71 bits per heavy atom. The van der Waals surface area contributed by atoms with Crippen molar-refractivity contribution in [1.82, 2.24) is 5.32 Å². The molecule has 1 aromatic rings. The zero-order valence-electron chi connectivity index (χ0n) is 11.8. The van der Waals surface area contributed by atoms with Gasteiger partial charge in [-0.05, 0) is 38.5 Å². The molecule has 0 saturated carbocycles. The maximum Gasteiger partial charge on any atom is 0.337 e. The number of hydrogen-bond acceptors (Lipinski definition) is 3. The van der Waals surface area contributed by atoms with E-state index in [1.54, 1.807) is 0 Å². The van der Waals surface area contributed by atoms with Crippen LogP contribution in [0.25, 0.3) is 0 Å². The van der Waals surface area contributed by atoms with E-state index in [9.17, 15) is 9.59 Å². The normalized spacial score (nSPS) is 24.6. The molecule has 0 aromatic heterocycles. The van der Waals surface area contributed by atoms with Gasteiger partial charge in [0.15, 0.2) is 0 Å². The van der Waals surface area contributed by atoms with Gasteiger partial charge in [-0.25, -0.2) is 9.59 Å². The van der Waals surface area contributed by atoms with Gasteiger partial charge in [-0.15, -0.1) is 0 Å². The average molecular weight is 313 g/mol. The summed E-state index contributed by atoms with van der Waals surface area (Å²) in [6, 6.07) is 3.87. The van der Waals surface area contributed by atoms with Crippen LogP contribution in [-0.4, -0.2) is 35.4 Å². The van der Waals surface area contributed by atoms with E-state index in [-0.39, 0.29) is 22.7 Å². The molecule has 1 aliphatic heterocycles. The summed E-state index contributed by atoms with van der Waals surface area (Å²) < 4.78 is 5.45. The summed E-state index contributed by atoms with van der Waals surface area (Å²) in [7, 11) is 0. The molecule has 0 spiro atoms. The molecule has 114 valence electrons. The Hall–Kier alpha value is -1.79. The Labute approximate surface area is 127 Å². The van der Waals surface area contributed by atoms with E-state index >= 15 is 0 Å². The van der Waals surface area contributed by atoms with Crippen LogP contribution in [0, 0.1) is 0 Å². The van der Waals surface area contributed by atoms with Crippen LogP contribution in [0.1, 0.15) is 30.6 Å². The number of carbonyl (C=O) groups is 2. The highest BCUT2D eigenvalue weighted by Crippen LogP contribution is 2.25. The molecule has 21 heavy (non-hydrogen) atoms. The Bertz CT molecular complexity index is 578. The molecular formula is C14H17ClN2O4. The molecule has 2 atom stereocenters. The molecule has 0 radical (unpaired) electrons. The first-order valence-electron chi connectivity index (χ1n) is 6.55. The monoisotopic (exact) mass is 312 g/mol. The number of carbonyl (C=O) groups excluding carboxylic acids is 1. The third-order valence-electron chi connectivity index (χ3n) is 3.74. The summed E-state index contributed by atoms with van der Waals surface area (Å²) in [4.78, 5) is 22.9. The highest BCUT2D eigenvalue weighted by atomic mass is 35.5. The Balaban J connectivity index is 2.03. The second-order valence-corrected chi connectivity index (χ2v) is 5.67. The molecule has 0 bridgehead atoms. The van der Waals surface area contributed by atoms with Crippen LogP contribution < -0.4 is 10.6 Å². The zero-order valence-corrected chi connectivity index (χ0v) is 12.5. The molecule has 1 saturated heterocycles. The van der Waals surface area contributed by atoms with Crippen molar-refractivity contribution in [2.24, 2.45) is 0 Å². The van der Waals surface area contributed by atoms with Gasteiger partial charge in [0, 0.05) is 12.3 Å². The number of carboxylic acids is 1. The largest absolute Gasteiger partial charge is 0.478 e. The Morgan fingerprint density at radius 1 is 1.48 bits per heavy atom. The van der Waals surface area contributed by atoms with Crippen molar-refractivity contribution in [2.45, 2.75) is 31.9 Å². The molecule has 2 unspecified atom stereocenters. The van der Waals surface area contributed by atoms with Crippen molar-refractivity contribution in [1.29, 1.82) is 0 Å². The van der Waals surface area contributed by atoms with Crippen LogP contribution in [0.5, 0.6) is 0 Å². The van der Waals surface area contributed by atoms with Gasteiger partial charge >= 0.3 is 12.0 Å². The quantitative estimate of drug-likeness (QED) is 0.800. The van der Waals surface area contributed by atoms with Crippen molar-refractivity contribution < 1.29 is 19.4 Å². The lowest BCUT2D eigenvalue weighted by atomic mass is 9.95. The third kappa shape index (κ3) is 3.46. The number of rotatable bonds is 3. The van der Waals surface area contributed by atoms with Crippen LogP contribution >= 0.6 is 11.6 Å². The highest BCUT2D eigenvalue weighted by molar-refractivity contribution is 6.33. The standard InChI is InChI=1S/C14H17ClN2O4/c1-8-14(2,5-6-21-8)17-13(20)16-9-3-4-10(12(18)19)11(15)7-9/h3-4,7-8H,5-6H2,1-2H3,(H,18,19)(H2,16,17,20). The summed E-state index contributed by atoms with van der Waals surface area (Å²) in [5.41, 5.74) is -0.000382. The van der Waals surface area contributed by atoms with Crippen LogP contribution in [0.4, 0.5) is 10.5 Å². The highest BCUT2D eigenvalue weighted by Gasteiger charge is 2.38. The van der Waals surface area contributed by atoms with Gasteiger partial charge in [0.05, 0.1) is 22.2 Å². The fourth-order valence-corrected chi connectivity index (χ4v) is 2.45. The fraction of sp³-hybridized carbons (Fsp3) is 0.429. The number of amides is 2. The smallest absolute Gasteiger partial charge is 0.337 e. The first-order valence-corrected chi connectivity index (χ1v) is 6.93. The molecule has 1 fully saturated rings. The lowest BCUT2D eigenvalue weighted by Crippen LogP contribution is -2.52. The predicted octanol–water partition coefficient (Wildman–Crippen LogP) is 2.73. The van der Waals surface area contributed by atoms with Crippen molar-refractivity contribution >= 4 is 29.3 Å². The van der Waals surface area contributed by atoms with E-state index < -0.39 is 11.5 Å². The molecule has 6 nitrogen and oxygen atoms in total. The second-order valence-electron chi connectivity index (χ2n) is 5.26. The van der Waals surface area contributed by atoms with Gasteiger partial charge < -0.3 is 20.5 Å². The number of ether oxygens (including phenoxy) is 1. The molecular weight excluding hydrogens is 296 g/mol. The third-order valence-corrected chi connectivity index (χ3v) is 4.06. The Kier molecular flexibility index (Phi) is 4.39. The van der Waals surface area contributed by atoms with Gasteiger partial charge in [0.2, 0.25) is 0 Å². The lowest BCUT2D eigenvalue weighted by Gasteiger charge is -2.28. The first kappa shape index (κ1) is 15.6. The lowest BCUT2D eigenvalue weighted by molar-refractivity contribution is 0.0697. The minimum Gasteiger partial charge on any atom is -0.478 e. The summed E-state index contributed by atoms with van der Waals surface area (Å²) >= 11 is 5.86. The van der Waals surface area contributed by atoms with E-state index in [4.69, 9.17) is 21.4 Å². The Morgan fingerprint density at radius 2 is 2.19 bits per heavy atom. The van der Waals surface area contributed by atoms with Crippen LogP contribution in [-0.2, 0) is 4.74 Å². The van der Waals surface area contributed by atoms with Crippen LogP contribution in [0.15, 0.2) is 18.2 Å². The van der Waals surface area contributed by atoms with Crippen molar-refractivity contribution in [3.63, 3.8) is 0 Å². The molecule has 0 aliphatic carbocycles. The number of urea groups is 1. The predicted molar refractivity (Wildman–Crippen MR) is 79.0 cm³/mol. The molecule has 1 aliphatic rings. The van der Waals surface area contributed by atoms with E-state index in [1.807, 2.05) is 13.8 Å². The number of hydrogen-bond donors (Lipinski definition) is 3. The number of carboxylic acid groups (broad SMARTS) is 1. The average Bonchev–Trinajstić information content (AvgIpc) is 2.68. The van der Waals surface area contributed by atoms with Gasteiger partial charge in [-0.1, -0.05) is 11.6 Å². The number of nitrogens with one attached hydrogen (secondary N) is 2. The second kappa shape index (κ2) is 5.91. The summed E-state index contributed by atoms with van der Waals surface area (Å²) in [5.74, 6) is -1.11. The van der Waals surface area contributed by atoms with E-state index in [0.717, 1.165) is 6.42 Å². The summed E-state index contributed by atoms with van der Waals surface area (Å²) in [5, 5.41) is 14.5. The van der Waals surface area contributed by atoms with Gasteiger partial charge in [0.25, 0.3) is 0 Å². The first-order chi connectivity index (χ1) is 9.82. The maximum atomic E-state index is 12.0. The number of benzene rings is 1. The van der Waals surface area contributed by atoms with E-state index in [1.165, 1.54) is 18.2 Å². The van der Waals surface area contributed by atoms with Crippen LogP contribution in [0.3, 0.4) is 0 Å². The van der Waals surface area contributed by atoms with E-state index in [0.29, 0.717) is 12.3 Å². The zero-order chi connectivity index (χ0) is 15.6. The maximum absolute atomic E-state index is 12.0. The molecule has 1 aromatic carbocycles. The molecule has 1 heterocycles. The topological polar surface area (TPSA) is 87.7 Å². The van der Waals surface area contributed by atoms with Crippen molar-refractivity contribution in [3.8, 4) is 0 Å². The fourth-order valence-electron chi connectivity index (χ4n) is 2.19. The van der Waals surface area contributed by atoms with E-state index in [2.05, 4.69) is 10.6 Å². The molecule has 2 amide bonds. The minimum atomic E-state index is -1.11.